The molecule has 1 aromatic carbocycles. The van der Waals surface area contributed by atoms with Gasteiger partial charge in [0.05, 0.1) is 13.2 Å². The molecule has 1 aromatic rings. The van der Waals surface area contributed by atoms with Crippen LogP contribution in [-0.2, 0) is 0 Å². The highest BCUT2D eigenvalue weighted by molar-refractivity contribution is 5.30. The molecular weight excluding hydrogens is 238 g/mol. The minimum absolute atomic E-state index is 0.253. The first-order valence-corrected chi connectivity index (χ1v) is 6.89. The minimum atomic E-state index is -0.320. The zero-order valence-corrected chi connectivity index (χ0v) is 12.1. The van der Waals surface area contributed by atoms with Crippen LogP contribution < -0.4 is 10.1 Å². The summed E-state index contributed by atoms with van der Waals surface area (Å²) in [4.78, 5) is 0. The molecule has 106 valence electrons. The molecule has 0 aromatic heterocycles. The monoisotopic (exact) mass is 263 g/mol. The Morgan fingerprint density at radius 1 is 1.42 bits per heavy atom. The summed E-state index contributed by atoms with van der Waals surface area (Å²) in [6, 6.07) is 8.30. The molecular formula is C16H25NO2. The lowest BCUT2D eigenvalue weighted by Crippen LogP contribution is -2.18. The molecule has 0 heterocycles. The van der Waals surface area contributed by atoms with Gasteiger partial charge in [0.1, 0.15) is 5.75 Å². The van der Waals surface area contributed by atoms with E-state index in [-0.39, 0.29) is 12.1 Å². The summed E-state index contributed by atoms with van der Waals surface area (Å²) in [5, 5.41) is 13.0. The Labute approximate surface area is 116 Å². The molecule has 1 rings (SSSR count). The third-order valence-corrected chi connectivity index (χ3v) is 3.08. The van der Waals surface area contributed by atoms with E-state index in [2.05, 4.69) is 25.2 Å². The van der Waals surface area contributed by atoms with E-state index in [1.54, 1.807) is 7.11 Å². The second-order valence-corrected chi connectivity index (χ2v) is 4.69. The molecule has 0 aliphatic carbocycles. The van der Waals surface area contributed by atoms with E-state index >= 15 is 0 Å². The van der Waals surface area contributed by atoms with Crippen molar-refractivity contribution >= 4 is 0 Å². The van der Waals surface area contributed by atoms with Crippen LogP contribution in [0.2, 0.25) is 0 Å². The molecule has 3 heteroatoms. The van der Waals surface area contributed by atoms with Crippen molar-refractivity contribution in [2.75, 3.05) is 13.7 Å². The van der Waals surface area contributed by atoms with E-state index in [1.807, 2.05) is 30.4 Å². The third kappa shape index (κ3) is 5.90. The minimum Gasteiger partial charge on any atom is -0.497 e. The summed E-state index contributed by atoms with van der Waals surface area (Å²) in [6.07, 6.45) is 5.34. The molecule has 0 fully saturated rings. The van der Waals surface area contributed by atoms with Crippen molar-refractivity contribution in [1.29, 1.82) is 0 Å². The normalized spacial score (nSPS) is 14.5. The van der Waals surface area contributed by atoms with Gasteiger partial charge < -0.3 is 15.2 Å². The summed E-state index contributed by atoms with van der Waals surface area (Å²) in [5.74, 6) is 0.875. The van der Waals surface area contributed by atoms with Gasteiger partial charge in [-0.05, 0) is 31.0 Å². The van der Waals surface area contributed by atoms with Crippen LogP contribution in [0, 0.1) is 0 Å². The number of hydrogen-bond donors (Lipinski definition) is 2. The van der Waals surface area contributed by atoms with E-state index in [0.29, 0.717) is 0 Å². The Kier molecular flexibility index (Phi) is 7.23. The van der Waals surface area contributed by atoms with Crippen LogP contribution in [0.15, 0.2) is 36.4 Å². The summed E-state index contributed by atoms with van der Waals surface area (Å²) in [7, 11) is 1.68. The molecule has 0 saturated heterocycles. The summed E-state index contributed by atoms with van der Waals surface area (Å²) in [5.41, 5.74) is 1.20. The number of rotatable bonds is 8. The van der Waals surface area contributed by atoms with Crippen molar-refractivity contribution < 1.29 is 9.84 Å². The number of benzene rings is 1. The van der Waals surface area contributed by atoms with Crippen LogP contribution in [0.3, 0.4) is 0 Å². The second-order valence-electron chi connectivity index (χ2n) is 4.69. The number of hydrogen-bond acceptors (Lipinski definition) is 3. The number of nitrogens with one attached hydrogen (secondary N) is 1. The number of ether oxygens (including phenoxy) is 1. The first-order chi connectivity index (χ1) is 9.17. The summed E-state index contributed by atoms with van der Waals surface area (Å²) < 4.78 is 5.21. The van der Waals surface area contributed by atoms with Crippen molar-refractivity contribution in [2.45, 2.75) is 38.8 Å². The van der Waals surface area contributed by atoms with Crippen molar-refractivity contribution in [1.82, 2.24) is 5.32 Å². The van der Waals surface area contributed by atoms with E-state index in [4.69, 9.17) is 4.74 Å². The van der Waals surface area contributed by atoms with Gasteiger partial charge in [0, 0.05) is 12.6 Å². The Morgan fingerprint density at radius 3 is 2.89 bits per heavy atom. The highest BCUT2D eigenvalue weighted by Gasteiger charge is 2.04. The van der Waals surface area contributed by atoms with Crippen LogP contribution in [-0.4, -0.2) is 24.9 Å². The lowest BCUT2D eigenvalue weighted by atomic mass is 10.1. The van der Waals surface area contributed by atoms with Gasteiger partial charge in [-0.2, -0.15) is 0 Å². The van der Waals surface area contributed by atoms with Gasteiger partial charge >= 0.3 is 0 Å². The van der Waals surface area contributed by atoms with Crippen molar-refractivity contribution in [2.24, 2.45) is 0 Å². The first kappa shape index (κ1) is 15.7. The predicted molar refractivity (Wildman–Crippen MR) is 79.5 cm³/mol. The van der Waals surface area contributed by atoms with Gasteiger partial charge in [-0.25, -0.2) is 0 Å². The fourth-order valence-electron chi connectivity index (χ4n) is 1.89. The summed E-state index contributed by atoms with van der Waals surface area (Å²) >= 11 is 0. The maximum atomic E-state index is 9.57. The lowest BCUT2D eigenvalue weighted by Gasteiger charge is -2.14. The molecule has 0 amide bonds. The Bertz CT molecular complexity index is 390. The molecule has 0 radical (unpaired) electrons. The number of methoxy groups -OCH3 is 1. The molecule has 19 heavy (non-hydrogen) atoms. The van der Waals surface area contributed by atoms with Crippen LogP contribution >= 0.6 is 0 Å². The summed E-state index contributed by atoms with van der Waals surface area (Å²) in [6.45, 7) is 4.93. The average Bonchev–Trinajstić information content (AvgIpc) is 2.43. The molecule has 0 saturated carbocycles. The predicted octanol–water partition coefficient (Wildman–Crippen LogP) is 3.06. The van der Waals surface area contributed by atoms with Crippen molar-refractivity contribution in [3.05, 3.63) is 42.0 Å². The molecule has 1 unspecified atom stereocenters. The highest BCUT2D eigenvalue weighted by atomic mass is 16.5. The van der Waals surface area contributed by atoms with E-state index in [9.17, 15) is 5.11 Å². The SMILES string of the molecule is CCCC(O)/C=C/CN[C@H](C)c1cccc(OC)c1. The molecule has 0 spiro atoms. The zero-order chi connectivity index (χ0) is 14.1. The maximum absolute atomic E-state index is 9.57. The average molecular weight is 263 g/mol. The lowest BCUT2D eigenvalue weighted by molar-refractivity contribution is 0.211. The van der Waals surface area contributed by atoms with E-state index < -0.39 is 0 Å². The van der Waals surface area contributed by atoms with Gasteiger partial charge in [-0.1, -0.05) is 37.6 Å². The van der Waals surface area contributed by atoms with Gasteiger partial charge in [0.25, 0.3) is 0 Å². The highest BCUT2D eigenvalue weighted by Crippen LogP contribution is 2.18. The molecule has 3 nitrogen and oxygen atoms in total. The molecule has 0 aliphatic rings. The van der Waals surface area contributed by atoms with Crippen molar-refractivity contribution in [3.63, 3.8) is 0 Å². The van der Waals surface area contributed by atoms with Gasteiger partial charge in [-0.15, -0.1) is 0 Å². The van der Waals surface area contributed by atoms with Crippen LogP contribution in [0.25, 0.3) is 0 Å². The number of aliphatic hydroxyl groups excluding tert-OH is 1. The fraction of sp³-hybridized carbons (Fsp3) is 0.500. The maximum Gasteiger partial charge on any atom is 0.119 e. The Hall–Kier alpha value is -1.32. The van der Waals surface area contributed by atoms with Crippen LogP contribution in [0.1, 0.15) is 38.3 Å². The Balaban J connectivity index is 2.40. The van der Waals surface area contributed by atoms with Crippen LogP contribution in [0.4, 0.5) is 0 Å². The van der Waals surface area contributed by atoms with Gasteiger partial charge in [0.15, 0.2) is 0 Å². The number of aliphatic hydroxyl groups is 1. The first-order valence-electron chi connectivity index (χ1n) is 6.89. The molecule has 2 atom stereocenters. The zero-order valence-electron chi connectivity index (χ0n) is 12.1. The molecule has 0 aliphatic heterocycles. The fourth-order valence-corrected chi connectivity index (χ4v) is 1.89. The van der Waals surface area contributed by atoms with E-state index in [0.717, 1.165) is 25.1 Å². The van der Waals surface area contributed by atoms with Crippen LogP contribution in [0.5, 0.6) is 5.75 Å². The van der Waals surface area contributed by atoms with E-state index in [1.165, 1.54) is 5.56 Å². The quantitative estimate of drug-likeness (QED) is 0.708. The molecule has 0 bridgehead atoms. The molecule has 2 N–H and O–H groups in total. The van der Waals surface area contributed by atoms with Gasteiger partial charge in [0.2, 0.25) is 0 Å². The second kappa shape index (κ2) is 8.73. The third-order valence-electron chi connectivity index (χ3n) is 3.08. The smallest absolute Gasteiger partial charge is 0.119 e. The topological polar surface area (TPSA) is 41.5 Å². The standard InChI is InChI=1S/C16H25NO2/c1-4-7-15(18)9-6-11-17-13(2)14-8-5-10-16(12-14)19-3/h5-6,8-10,12-13,15,17-18H,4,7,11H2,1-3H3/b9-6+/t13-,15?/m1/s1. The largest absolute Gasteiger partial charge is 0.497 e. The van der Waals surface area contributed by atoms with Gasteiger partial charge in [-0.3, -0.25) is 0 Å². The Morgan fingerprint density at radius 2 is 2.21 bits per heavy atom. The van der Waals surface area contributed by atoms with Crippen molar-refractivity contribution in [3.8, 4) is 5.75 Å².